The topological polar surface area (TPSA) is 0 Å². The first-order valence-electron chi connectivity index (χ1n) is 5.42. The quantitative estimate of drug-likeness (QED) is 0.494. The van der Waals surface area contributed by atoms with Crippen LogP contribution in [0.5, 0.6) is 0 Å². The summed E-state index contributed by atoms with van der Waals surface area (Å²) in [5, 5.41) is 0. The molecule has 0 radical (unpaired) electrons. The molecular formula is C11H26Sn. The van der Waals surface area contributed by atoms with Crippen LogP contribution in [0.1, 0.15) is 39.5 Å². The van der Waals surface area contributed by atoms with Gasteiger partial charge in [0, 0.05) is 0 Å². The monoisotopic (exact) mass is 278 g/mol. The number of hydrogen-bond acceptors (Lipinski definition) is 0. The van der Waals surface area contributed by atoms with Crippen LogP contribution in [0.3, 0.4) is 0 Å². The van der Waals surface area contributed by atoms with Crippen molar-refractivity contribution in [2.45, 2.75) is 58.8 Å². The van der Waals surface area contributed by atoms with E-state index in [1.165, 1.54) is 25.7 Å². The average Bonchev–Trinajstić information content (AvgIpc) is 1.83. The second-order valence-electron chi connectivity index (χ2n) is 5.55. The van der Waals surface area contributed by atoms with Crippen molar-refractivity contribution >= 4 is 18.4 Å². The normalized spacial score (nSPS) is 12.5. The van der Waals surface area contributed by atoms with Gasteiger partial charge in [0.1, 0.15) is 0 Å². The molecule has 0 N–H and O–H groups in total. The summed E-state index contributed by atoms with van der Waals surface area (Å²) >= 11 is -1.39. The zero-order chi connectivity index (χ0) is 9.61. The first kappa shape index (κ1) is 12.8. The molecule has 0 amide bonds. The first-order chi connectivity index (χ1) is 5.42. The third-order valence-corrected chi connectivity index (χ3v) is 7.50. The molecule has 74 valence electrons. The van der Waals surface area contributed by atoms with Crippen LogP contribution < -0.4 is 0 Å². The molecule has 0 aromatic rings. The maximum absolute atomic E-state index is 2.54. The fraction of sp³-hybridized carbons (Fsp3) is 1.00. The van der Waals surface area contributed by atoms with Crippen LogP contribution >= 0.6 is 0 Å². The van der Waals surface area contributed by atoms with Gasteiger partial charge in [0.2, 0.25) is 0 Å². The van der Waals surface area contributed by atoms with Crippen LogP contribution in [0, 0.1) is 5.92 Å². The summed E-state index contributed by atoms with van der Waals surface area (Å²) in [4.78, 5) is 7.62. The fourth-order valence-electron chi connectivity index (χ4n) is 1.38. The molecule has 0 saturated carbocycles. The summed E-state index contributed by atoms with van der Waals surface area (Å²) < 4.78 is 1.59. The van der Waals surface area contributed by atoms with Gasteiger partial charge < -0.3 is 0 Å². The van der Waals surface area contributed by atoms with Crippen molar-refractivity contribution in [1.82, 2.24) is 0 Å². The summed E-state index contributed by atoms with van der Waals surface area (Å²) in [5.74, 6) is 0.906. The second-order valence-corrected chi connectivity index (χ2v) is 21.6. The number of unbranched alkanes of at least 4 members (excludes halogenated alkanes) is 2. The van der Waals surface area contributed by atoms with Crippen molar-refractivity contribution in [2.24, 2.45) is 5.92 Å². The summed E-state index contributed by atoms with van der Waals surface area (Å²) in [5.41, 5.74) is 0. The Morgan fingerprint density at radius 1 is 0.917 bits per heavy atom. The van der Waals surface area contributed by atoms with Crippen molar-refractivity contribution in [3.63, 3.8) is 0 Å². The molecule has 0 aliphatic rings. The van der Waals surface area contributed by atoms with Crippen molar-refractivity contribution < 1.29 is 0 Å². The van der Waals surface area contributed by atoms with E-state index >= 15 is 0 Å². The molecule has 0 unspecified atom stereocenters. The summed E-state index contributed by atoms with van der Waals surface area (Å²) in [6.45, 7) is 4.64. The molecule has 0 bridgehead atoms. The molecular weight excluding hydrogens is 251 g/mol. The molecule has 0 aliphatic carbocycles. The number of hydrogen-bond donors (Lipinski definition) is 0. The van der Waals surface area contributed by atoms with Gasteiger partial charge in [-0.15, -0.1) is 0 Å². The fourth-order valence-corrected chi connectivity index (χ4v) is 5.13. The summed E-state index contributed by atoms with van der Waals surface area (Å²) in [6, 6.07) is 0. The Labute approximate surface area is 83.0 Å². The van der Waals surface area contributed by atoms with Gasteiger partial charge in [0.15, 0.2) is 0 Å². The van der Waals surface area contributed by atoms with E-state index in [0.717, 1.165) is 5.92 Å². The predicted octanol–water partition coefficient (Wildman–Crippen LogP) is 4.54. The molecule has 0 heterocycles. The van der Waals surface area contributed by atoms with E-state index < -0.39 is 18.4 Å². The zero-order valence-electron chi connectivity index (χ0n) is 9.61. The van der Waals surface area contributed by atoms with Crippen LogP contribution in [-0.4, -0.2) is 18.4 Å². The molecule has 0 rings (SSSR count). The van der Waals surface area contributed by atoms with E-state index in [4.69, 9.17) is 0 Å². The zero-order valence-corrected chi connectivity index (χ0v) is 12.5. The summed E-state index contributed by atoms with van der Waals surface area (Å²) in [7, 11) is 0. The van der Waals surface area contributed by atoms with Gasteiger partial charge in [-0.25, -0.2) is 0 Å². The van der Waals surface area contributed by atoms with Crippen LogP contribution in [-0.2, 0) is 0 Å². The molecule has 0 fully saturated rings. The average molecular weight is 277 g/mol. The van der Waals surface area contributed by atoms with Crippen molar-refractivity contribution in [3.05, 3.63) is 0 Å². The Hall–Kier alpha value is 0.799. The van der Waals surface area contributed by atoms with Crippen LogP contribution in [0.4, 0.5) is 0 Å². The van der Waals surface area contributed by atoms with Gasteiger partial charge in [0.25, 0.3) is 0 Å². The van der Waals surface area contributed by atoms with E-state index in [9.17, 15) is 0 Å². The Kier molecular flexibility index (Phi) is 6.70. The molecule has 0 saturated heterocycles. The Morgan fingerprint density at radius 3 is 1.92 bits per heavy atom. The standard InChI is InChI=1S/C8H17.3CH3.Sn/c1-4-5-6-7-8(2)3;;;;/h8H,1,4-7H2,2-3H3;3*1H3;. The third-order valence-electron chi connectivity index (χ3n) is 2.21. The van der Waals surface area contributed by atoms with Gasteiger partial charge >= 0.3 is 83.1 Å². The van der Waals surface area contributed by atoms with Gasteiger partial charge in [-0.2, -0.15) is 0 Å². The molecule has 0 atom stereocenters. The van der Waals surface area contributed by atoms with Crippen molar-refractivity contribution in [3.8, 4) is 0 Å². The summed E-state index contributed by atoms with van der Waals surface area (Å²) in [6.07, 6.45) is 5.87. The van der Waals surface area contributed by atoms with Crippen molar-refractivity contribution in [1.29, 1.82) is 0 Å². The second kappa shape index (κ2) is 6.28. The minimum atomic E-state index is -1.39. The van der Waals surface area contributed by atoms with E-state index in [1.54, 1.807) is 4.44 Å². The minimum absolute atomic E-state index is 0.906. The van der Waals surface area contributed by atoms with E-state index in [0.29, 0.717) is 0 Å². The molecule has 0 spiro atoms. The SMILES string of the molecule is CC(C)CCCC[CH2][Sn]([CH3])([CH3])[CH3]. The molecule has 0 aromatic carbocycles. The third kappa shape index (κ3) is 10.8. The Balaban J connectivity index is 3.12. The van der Waals surface area contributed by atoms with Gasteiger partial charge in [-0.1, -0.05) is 0 Å². The molecule has 1 heteroatoms. The van der Waals surface area contributed by atoms with E-state index in [-0.39, 0.29) is 0 Å². The van der Waals surface area contributed by atoms with Gasteiger partial charge in [-0.05, 0) is 0 Å². The predicted molar refractivity (Wildman–Crippen MR) is 61.5 cm³/mol. The Bertz CT molecular complexity index is 100. The van der Waals surface area contributed by atoms with Gasteiger partial charge in [0.05, 0.1) is 0 Å². The molecule has 0 aromatic heterocycles. The molecule has 0 nitrogen and oxygen atoms in total. The Morgan fingerprint density at radius 2 is 1.50 bits per heavy atom. The van der Waals surface area contributed by atoms with Crippen LogP contribution in [0.2, 0.25) is 19.3 Å². The van der Waals surface area contributed by atoms with E-state index in [1.807, 2.05) is 0 Å². The van der Waals surface area contributed by atoms with Gasteiger partial charge in [-0.3, -0.25) is 0 Å². The van der Waals surface area contributed by atoms with Crippen LogP contribution in [0.25, 0.3) is 0 Å². The molecule has 0 aliphatic heterocycles. The number of rotatable bonds is 6. The molecule has 12 heavy (non-hydrogen) atoms. The first-order valence-corrected chi connectivity index (χ1v) is 16.0. The maximum atomic E-state index is 2.54. The van der Waals surface area contributed by atoms with E-state index in [2.05, 4.69) is 28.7 Å². The van der Waals surface area contributed by atoms with Crippen LogP contribution in [0.15, 0.2) is 0 Å². The van der Waals surface area contributed by atoms with Crippen molar-refractivity contribution in [2.75, 3.05) is 0 Å².